The van der Waals surface area contributed by atoms with Crippen LogP contribution in [0.5, 0.6) is 0 Å². The molecule has 0 radical (unpaired) electrons. The number of imidazole rings is 1. The molecular weight excluding hydrogens is 224 g/mol. The van der Waals surface area contributed by atoms with Gasteiger partial charge in [-0.2, -0.15) is 0 Å². The SMILES string of the molecule is Cc1nc(C)c(C(=O)NCc2ncc[nH]2)s1. The van der Waals surface area contributed by atoms with E-state index in [4.69, 9.17) is 0 Å². The van der Waals surface area contributed by atoms with Crippen molar-refractivity contribution < 1.29 is 4.79 Å². The lowest BCUT2D eigenvalue weighted by atomic mass is 10.3. The lowest BCUT2D eigenvalue weighted by Gasteiger charge is -2.01. The molecule has 6 heteroatoms. The van der Waals surface area contributed by atoms with Crippen molar-refractivity contribution in [2.24, 2.45) is 0 Å². The summed E-state index contributed by atoms with van der Waals surface area (Å²) < 4.78 is 0. The summed E-state index contributed by atoms with van der Waals surface area (Å²) in [5.41, 5.74) is 0.777. The quantitative estimate of drug-likeness (QED) is 0.846. The first kappa shape index (κ1) is 10.8. The van der Waals surface area contributed by atoms with Gasteiger partial charge in [-0.25, -0.2) is 9.97 Å². The van der Waals surface area contributed by atoms with Gasteiger partial charge < -0.3 is 10.3 Å². The van der Waals surface area contributed by atoms with Gasteiger partial charge in [0.15, 0.2) is 0 Å². The molecule has 0 atom stereocenters. The van der Waals surface area contributed by atoms with Crippen molar-refractivity contribution in [3.8, 4) is 0 Å². The van der Waals surface area contributed by atoms with Crippen LogP contribution >= 0.6 is 11.3 Å². The summed E-state index contributed by atoms with van der Waals surface area (Å²) in [5.74, 6) is 0.645. The summed E-state index contributed by atoms with van der Waals surface area (Å²) in [6.45, 7) is 4.13. The normalized spacial score (nSPS) is 10.4. The molecule has 0 bridgehead atoms. The van der Waals surface area contributed by atoms with Gasteiger partial charge in [0, 0.05) is 12.4 Å². The Balaban J connectivity index is 2.01. The van der Waals surface area contributed by atoms with Crippen LogP contribution in [0.25, 0.3) is 0 Å². The lowest BCUT2D eigenvalue weighted by Crippen LogP contribution is -2.23. The highest BCUT2D eigenvalue weighted by atomic mass is 32.1. The van der Waals surface area contributed by atoms with Gasteiger partial charge in [0.2, 0.25) is 0 Å². The molecule has 2 rings (SSSR count). The number of hydrogen-bond donors (Lipinski definition) is 2. The zero-order chi connectivity index (χ0) is 11.5. The van der Waals surface area contributed by atoms with E-state index in [2.05, 4.69) is 20.3 Å². The van der Waals surface area contributed by atoms with Crippen LogP contribution in [0.4, 0.5) is 0 Å². The van der Waals surface area contributed by atoms with Gasteiger partial charge >= 0.3 is 0 Å². The summed E-state index contributed by atoms with van der Waals surface area (Å²) in [4.78, 5) is 23.6. The van der Waals surface area contributed by atoms with Gasteiger partial charge in [-0.05, 0) is 13.8 Å². The number of hydrogen-bond acceptors (Lipinski definition) is 4. The molecule has 0 saturated carbocycles. The maximum Gasteiger partial charge on any atom is 0.263 e. The average molecular weight is 236 g/mol. The second kappa shape index (κ2) is 4.44. The number of thiazole rings is 1. The molecule has 0 saturated heterocycles. The van der Waals surface area contributed by atoms with Crippen LogP contribution < -0.4 is 5.32 Å². The van der Waals surface area contributed by atoms with E-state index in [1.54, 1.807) is 12.4 Å². The minimum Gasteiger partial charge on any atom is -0.347 e. The molecule has 0 aromatic carbocycles. The summed E-state index contributed by atoms with van der Waals surface area (Å²) in [5, 5.41) is 3.70. The predicted octanol–water partition coefficient (Wildman–Crippen LogP) is 1.41. The Morgan fingerprint density at radius 2 is 2.38 bits per heavy atom. The molecule has 2 heterocycles. The number of nitrogens with zero attached hydrogens (tertiary/aromatic N) is 2. The van der Waals surface area contributed by atoms with E-state index in [9.17, 15) is 4.79 Å². The first-order valence-electron chi connectivity index (χ1n) is 4.87. The van der Waals surface area contributed by atoms with Crippen molar-refractivity contribution in [2.75, 3.05) is 0 Å². The third kappa shape index (κ3) is 2.27. The van der Waals surface area contributed by atoms with Gasteiger partial charge in [-0.15, -0.1) is 11.3 Å². The van der Waals surface area contributed by atoms with E-state index < -0.39 is 0 Å². The van der Waals surface area contributed by atoms with Gasteiger partial charge in [-0.3, -0.25) is 4.79 Å². The second-order valence-electron chi connectivity index (χ2n) is 3.37. The van der Waals surface area contributed by atoms with E-state index in [0.717, 1.165) is 16.5 Å². The minimum atomic E-state index is -0.0977. The molecule has 0 aliphatic carbocycles. The number of aromatic nitrogens is 3. The second-order valence-corrected chi connectivity index (χ2v) is 4.57. The maximum absolute atomic E-state index is 11.8. The predicted molar refractivity (Wildman–Crippen MR) is 61.3 cm³/mol. The molecule has 0 aliphatic heterocycles. The summed E-state index contributed by atoms with van der Waals surface area (Å²) in [6, 6.07) is 0. The van der Waals surface area contributed by atoms with E-state index in [-0.39, 0.29) is 5.91 Å². The molecule has 84 valence electrons. The van der Waals surface area contributed by atoms with Crippen LogP contribution in [0.15, 0.2) is 12.4 Å². The molecule has 0 fully saturated rings. The standard InChI is InChI=1S/C10H12N4OS/c1-6-9(16-7(2)14-6)10(15)13-5-8-11-3-4-12-8/h3-4H,5H2,1-2H3,(H,11,12)(H,13,15). The fourth-order valence-electron chi connectivity index (χ4n) is 1.38. The van der Waals surface area contributed by atoms with Gasteiger partial charge in [-0.1, -0.05) is 0 Å². The van der Waals surface area contributed by atoms with Crippen molar-refractivity contribution in [3.05, 3.63) is 33.8 Å². The topological polar surface area (TPSA) is 70.7 Å². The summed E-state index contributed by atoms with van der Waals surface area (Å²) in [7, 11) is 0. The number of aryl methyl sites for hydroxylation is 2. The molecule has 5 nitrogen and oxygen atoms in total. The highest BCUT2D eigenvalue weighted by molar-refractivity contribution is 7.13. The van der Waals surface area contributed by atoms with Gasteiger partial charge in [0.1, 0.15) is 10.7 Å². The molecule has 0 spiro atoms. The molecular formula is C10H12N4OS. The van der Waals surface area contributed by atoms with E-state index in [1.165, 1.54) is 11.3 Å². The van der Waals surface area contributed by atoms with Crippen molar-refractivity contribution in [1.29, 1.82) is 0 Å². The van der Waals surface area contributed by atoms with E-state index >= 15 is 0 Å². The third-order valence-corrected chi connectivity index (χ3v) is 3.15. The highest BCUT2D eigenvalue weighted by Gasteiger charge is 2.13. The van der Waals surface area contributed by atoms with Crippen LogP contribution in [0.2, 0.25) is 0 Å². The minimum absolute atomic E-state index is 0.0977. The van der Waals surface area contributed by atoms with E-state index in [0.29, 0.717) is 11.4 Å². The fraction of sp³-hybridized carbons (Fsp3) is 0.300. The van der Waals surface area contributed by atoms with Crippen LogP contribution in [-0.2, 0) is 6.54 Å². The summed E-state index contributed by atoms with van der Waals surface area (Å²) in [6.07, 6.45) is 3.38. The average Bonchev–Trinajstić information content (AvgIpc) is 2.84. The Labute approximate surface area is 96.9 Å². The van der Waals surface area contributed by atoms with Crippen molar-refractivity contribution >= 4 is 17.2 Å². The van der Waals surface area contributed by atoms with E-state index in [1.807, 2.05) is 13.8 Å². The summed E-state index contributed by atoms with van der Waals surface area (Å²) >= 11 is 1.41. The fourth-order valence-corrected chi connectivity index (χ4v) is 2.22. The Hall–Kier alpha value is -1.69. The highest BCUT2D eigenvalue weighted by Crippen LogP contribution is 2.16. The zero-order valence-corrected chi connectivity index (χ0v) is 9.89. The number of rotatable bonds is 3. The first-order valence-corrected chi connectivity index (χ1v) is 5.69. The van der Waals surface area contributed by atoms with Crippen LogP contribution in [0.1, 0.15) is 26.2 Å². The molecule has 0 unspecified atom stereocenters. The third-order valence-electron chi connectivity index (χ3n) is 2.08. The lowest BCUT2D eigenvalue weighted by molar-refractivity contribution is 0.0953. The number of carbonyl (C=O) groups is 1. The molecule has 2 aromatic heterocycles. The molecule has 1 amide bonds. The zero-order valence-electron chi connectivity index (χ0n) is 9.07. The Morgan fingerprint density at radius 3 is 2.94 bits per heavy atom. The number of amides is 1. The van der Waals surface area contributed by atoms with Crippen LogP contribution in [-0.4, -0.2) is 20.9 Å². The Kier molecular flexibility index (Phi) is 3.00. The Morgan fingerprint density at radius 1 is 1.56 bits per heavy atom. The number of H-pyrrole nitrogens is 1. The van der Waals surface area contributed by atoms with Crippen LogP contribution in [0, 0.1) is 13.8 Å². The Bertz CT molecular complexity index is 489. The molecule has 2 N–H and O–H groups in total. The first-order chi connectivity index (χ1) is 7.66. The van der Waals surface area contributed by atoms with Crippen LogP contribution in [0.3, 0.4) is 0 Å². The van der Waals surface area contributed by atoms with Crippen molar-refractivity contribution in [2.45, 2.75) is 20.4 Å². The largest absolute Gasteiger partial charge is 0.347 e. The molecule has 0 aliphatic rings. The number of nitrogens with one attached hydrogen (secondary N) is 2. The smallest absolute Gasteiger partial charge is 0.263 e. The van der Waals surface area contributed by atoms with Crippen molar-refractivity contribution in [1.82, 2.24) is 20.3 Å². The molecule has 2 aromatic rings. The number of aromatic amines is 1. The number of carbonyl (C=O) groups excluding carboxylic acids is 1. The van der Waals surface area contributed by atoms with Gasteiger partial charge in [0.25, 0.3) is 5.91 Å². The monoisotopic (exact) mass is 236 g/mol. The maximum atomic E-state index is 11.8. The van der Waals surface area contributed by atoms with Crippen molar-refractivity contribution in [3.63, 3.8) is 0 Å². The van der Waals surface area contributed by atoms with Gasteiger partial charge in [0.05, 0.1) is 17.2 Å². The molecule has 16 heavy (non-hydrogen) atoms.